The molecule has 0 fully saturated rings. The average molecular weight is 307 g/mol. The molecule has 0 aliphatic rings. The van der Waals surface area contributed by atoms with E-state index in [1.165, 1.54) is 10.6 Å². The van der Waals surface area contributed by atoms with Gasteiger partial charge in [0.05, 0.1) is 17.1 Å². The molecule has 0 radical (unpaired) electrons. The van der Waals surface area contributed by atoms with Crippen LogP contribution in [0.2, 0.25) is 0 Å². The molecule has 0 aliphatic heterocycles. The summed E-state index contributed by atoms with van der Waals surface area (Å²) in [5.74, 6) is 0. The fourth-order valence-corrected chi connectivity index (χ4v) is 4.80. The van der Waals surface area contributed by atoms with Crippen LogP contribution in [-0.2, 0) is 0 Å². The third kappa shape index (κ3) is 2.63. The van der Waals surface area contributed by atoms with Gasteiger partial charge in [-0.1, -0.05) is 60.7 Å². The van der Waals surface area contributed by atoms with Gasteiger partial charge in [0.2, 0.25) is 0 Å². The third-order valence-corrected chi connectivity index (χ3v) is 6.07. The number of anilines is 3. The standard InChI is InChI=1S/C18H18N3P/c19-15-11-12-16(18(21)17(15)20)22(13-7-3-1-4-8-13)14-9-5-2-6-10-14/h1-12H,19-21H2. The molecule has 0 spiro atoms. The number of nitrogen functional groups attached to an aromatic ring is 3. The Morgan fingerprint density at radius 2 is 1.05 bits per heavy atom. The first-order chi connectivity index (χ1) is 10.7. The summed E-state index contributed by atoms with van der Waals surface area (Å²) in [7, 11) is -0.756. The van der Waals surface area contributed by atoms with Crippen LogP contribution in [0, 0.1) is 0 Å². The summed E-state index contributed by atoms with van der Waals surface area (Å²) >= 11 is 0. The Bertz CT molecular complexity index is 734. The van der Waals surface area contributed by atoms with Gasteiger partial charge in [-0.25, -0.2) is 0 Å². The van der Waals surface area contributed by atoms with Gasteiger partial charge in [0, 0.05) is 5.30 Å². The molecule has 0 aromatic heterocycles. The molecule has 0 unspecified atom stereocenters. The first-order valence-electron chi connectivity index (χ1n) is 7.02. The smallest absolute Gasteiger partial charge is 0.0788 e. The summed E-state index contributed by atoms with van der Waals surface area (Å²) in [5.41, 5.74) is 19.8. The number of hydrogen-bond acceptors (Lipinski definition) is 3. The van der Waals surface area contributed by atoms with Gasteiger partial charge in [-0.3, -0.25) is 0 Å². The van der Waals surface area contributed by atoms with Crippen molar-refractivity contribution in [2.24, 2.45) is 0 Å². The Morgan fingerprint density at radius 1 is 0.545 bits per heavy atom. The number of rotatable bonds is 3. The predicted molar refractivity (Wildman–Crippen MR) is 98.4 cm³/mol. The Labute approximate surface area is 131 Å². The summed E-state index contributed by atoms with van der Waals surface area (Å²) in [6.45, 7) is 0. The fraction of sp³-hybridized carbons (Fsp3) is 0. The lowest BCUT2D eigenvalue weighted by molar-refractivity contribution is 1.68. The van der Waals surface area contributed by atoms with Gasteiger partial charge in [0.15, 0.2) is 0 Å². The minimum atomic E-state index is -0.756. The molecular weight excluding hydrogens is 289 g/mol. The summed E-state index contributed by atoms with van der Waals surface area (Å²) in [6.07, 6.45) is 0. The lowest BCUT2D eigenvalue weighted by Gasteiger charge is -2.22. The molecular formula is C18H18N3P. The van der Waals surface area contributed by atoms with E-state index in [0.717, 1.165) is 5.30 Å². The maximum Gasteiger partial charge on any atom is 0.0788 e. The van der Waals surface area contributed by atoms with E-state index in [4.69, 9.17) is 17.2 Å². The number of hydrogen-bond donors (Lipinski definition) is 3. The molecule has 110 valence electrons. The first-order valence-corrected chi connectivity index (χ1v) is 8.36. The van der Waals surface area contributed by atoms with Gasteiger partial charge >= 0.3 is 0 Å². The molecule has 0 saturated heterocycles. The molecule has 0 heterocycles. The van der Waals surface area contributed by atoms with Gasteiger partial charge in [-0.15, -0.1) is 0 Å². The van der Waals surface area contributed by atoms with E-state index in [1.807, 2.05) is 48.5 Å². The summed E-state index contributed by atoms with van der Waals surface area (Å²) in [6, 6.07) is 24.6. The van der Waals surface area contributed by atoms with E-state index >= 15 is 0 Å². The molecule has 3 nitrogen and oxygen atoms in total. The van der Waals surface area contributed by atoms with E-state index in [2.05, 4.69) is 24.3 Å². The average Bonchev–Trinajstić information content (AvgIpc) is 2.57. The highest BCUT2D eigenvalue weighted by Gasteiger charge is 2.20. The topological polar surface area (TPSA) is 78.1 Å². The third-order valence-electron chi connectivity index (χ3n) is 3.57. The highest BCUT2D eigenvalue weighted by Crippen LogP contribution is 2.37. The lowest BCUT2D eigenvalue weighted by atomic mass is 10.2. The van der Waals surface area contributed by atoms with Crippen LogP contribution >= 0.6 is 7.92 Å². The monoisotopic (exact) mass is 307 g/mol. The highest BCUT2D eigenvalue weighted by atomic mass is 31.1. The van der Waals surface area contributed by atoms with E-state index in [0.29, 0.717) is 17.1 Å². The molecule has 3 aromatic carbocycles. The van der Waals surface area contributed by atoms with Crippen molar-refractivity contribution in [3.63, 3.8) is 0 Å². The molecule has 6 N–H and O–H groups in total. The summed E-state index contributed by atoms with van der Waals surface area (Å²) in [5, 5.41) is 3.51. The van der Waals surface area contributed by atoms with Crippen LogP contribution in [0.15, 0.2) is 72.8 Å². The van der Waals surface area contributed by atoms with Crippen molar-refractivity contribution < 1.29 is 0 Å². The van der Waals surface area contributed by atoms with Crippen LogP contribution < -0.4 is 33.1 Å². The van der Waals surface area contributed by atoms with E-state index in [-0.39, 0.29) is 0 Å². The normalized spacial score (nSPS) is 10.8. The summed E-state index contributed by atoms with van der Waals surface area (Å²) < 4.78 is 0. The van der Waals surface area contributed by atoms with Crippen molar-refractivity contribution in [1.82, 2.24) is 0 Å². The number of nitrogens with two attached hydrogens (primary N) is 3. The van der Waals surface area contributed by atoms with Gasteiger partial charge in [0.25, 0.3) is 0 Å². The van der Waals surface area contributed by atoms with Gasteiger partial charge < -0.3 is 17.2 Å². The summed E-state index contributed by atoms with van der Waals surface area (Å²) in [4.78, 5) is 0. The van der Waals surface area contributed by atoms with Crippen LogP contribution in [0.5, 0.6) is 0 Å². The Balaban J connectivity index is 2.21. The molecule has 0 amide bonds. The second-order valence-electron chi connectivity index (χ2n) is 5.01. The maximum absolute atomic E-state index is 6.27. The van der Waals surface area contributed by atoms with Crippen LogP contribution in [0.1, 0.15) is 0 Å². The molecule has 22 heavy (non-hydrogen) atoms. The van der Waals surface area contributed by atoms with Gasteiger partial charge in [-0.05, 0) is 30.7 Å². The van der Waals surface area contributed by atoms with Crippen LogP contribution in [-0.4, -0.2) is 0 Å². The second-order valence-corrected chi connectivity index (χ2v) is 7.19. The van der Waals surface area contributed by atoms with E-state index in [9.17, 15) is 0 Å². The largest absolute Gasteiger partial charge is 0.397 e. The predicted octanol–water partition coefficient (Wildman–Crippen LogP) is 2.19. The van der Waals surface area contributed by atoms with Crippen molar-refractivity contribution in [1.29, 1.82) is 0 Å². The van der Waals surface area contributed by atoms with E-state index < -0.39 is 7.92 Å². The quantitative estimate of drug-likeness (QED) is 0.513. The fourth-order valence-electron chi connectivity index (χ4n) is 2.42. The van der Waals surface area contributed by atoms with E-state index in [1.54, 1.807) is 0 Å². The molecule has 0 atom stereocenters. The second kappa shape index (κ2) is 6.08. The molecule has 3 aromatic rings. The minimum Gasteiger partial charge on any atom is -0.397 e. The zero-order valence-electron chi connectivity index (χ0n) is 12.1. The SMILES string of the molecule is Nc1ccc(P(c2ccccc2)c2ccccc2)c(N)c1N. The Hall–Kier alpha value is -2.51. The highest BCUT2D eigenvalue weighted by molar-refractivity contribution is 7.80. The van der Waals surface area contributed by atoms with Crippen molar-refractivity contribution in [3.05, 3.63) is 72.8 Å². The molecule has 4 heteroatoms. The zero-order valence-corrected chi connectivity index (χ0v) is 13.0. The van der Waals surface area contributed by atoms with Gasteiger partial charge in [-0.2, -0.15) is 0 Å². The van der Waals surface area contributed by atoms with Crippen LogP contribution in [0.4, 0.5) is 17.1 Å². The zero-order chi connectivity index (χ0) is 15.5. The van der Waals surface area contributed by atoms with Crippen molar-refractivity contribution in [2.45, 2.75) is 0 Å². The van der Waals surface area contributed by atoms with Crippen LogP contribution in [0.3, 0.4) is 0 Å². The first kappa shape index (κ1) is 14.4. The molecule has 0 bridgehead atoms. The maximum atomic E-state index is 6.27. The molecule has 0 aliphatic carbocycles. The van der Waals surface area contributed by atoms with Crippen LogP contribution in [0.25, 0.3) is 0 Å². The van der Waals surface area contributed by atoms with Crippen molar-refractivity contribution in [2.75, 3.05) is 17.2 Å². The minimum absolute atomic E-state index is 0.469. The molecule has 3 rings (SSSR count). The molecule has 0 saturated carbocycles. The van der Waals surface area contributed by atoms with Crippen molar-refractivity contribution in [3.8, 4) is 0 Å². The number of benzene rings is 3. The van der Waals surface area contributed by atoms with Crippen molar-refractivity contribution >= 4 is 40.9 Å². The Kier molecular flexibility index (Phi) is 3.99. The Morgan fingerprint density at radius 3 is 1.55 bits per heavy atom. The van der Waals surface area contributed by atoms with Gasteiger partial charge in [0.1, 0.15) is 0 Å². The lowest BCUT2D eigenvalue weighted by Crippen LogP contribution is -2.24.